The molecule has 3 rings (SSSR count). The zero-order valence-corrected chi connectivity index (χ0v) is 9.32. The highest BCUT2D eigenvalue weighted by atomic mass is 32.1. The molecule has 2 aromatic rings. The molecule has 15 heavy (non-hydrogen) atoms. The predicted octanol–water partition coefficient (Wildman–Crippen LogP) is 4.24. The van der Waals surface area contributed by atoms with Gasteiger partial charge in [-0.05, 0) is 25.5 Å². The van der Waals surface area contributed by atoms with Gasteiger partial charge < -0.3 is 0 Å². The van der Waals surface area contributed by atoms with E-state index < -0.39 is 0 Å². The summed E-state index contributed by atoms with van der Waals surface area (Å²) in [4.78, 5) is 1.34. The van der Waals surface area contributed by atoms with Crippen LogP contribution in [0.3, 0.4) is 0 Å². The molecule has 0 atom stereocenters. The number of allylic oxidation sites excluding steroid dienone is 2. The Labute approximate surface area is 93.6 Å². The van der Waals surface area contributed by atoms with Crippen molar-refractivity contribution in [3.63, 3.8) is 0 Å². The van der Waals surface area contributed by atoms with Crippen LogP contribution in [0, 0.1) is 19.1 Å². The topological polar surface area (TPSA) is 0 Å². The van der Waals surface area contributed by atoms with Gasteiger partial charge in [-0.1, -0.05) is 30.4 Å². The van der Waals surface area contributed by atoms with Crippen molar-refractivity contribution in [2.24, 2.45) is 0 Å². The second-order valence-electron chi connectivity index (χ2n) is 3.74. The minimum atomic E-state index is 1.03. The van der Waals surface area contributed by atoms with Crippen molar-refractivity contribution in [1.29, 1.82) is 0 Å². The van der Waals surface area contributed by atoms with Crippen LogP contribution in [0.25, 0.3) is 22.2 Å². The molecule has 0 nitrogen and oxygen atoms in total. The Kier molecular flexibility index (Phi) is 1.90. The molecule has 0 unspecified atom stereocenters. The molecule has 1 aromatic carbocycles. The highest BCUT2D eigenvalue weighted by molar-refractivity contribution is 7.20. The zero-order valence-electron chi connectivity index (χ0n) is 8.50. The first-order valence-corrected chi connectivity index (χ1v) is 5.86. The van der Waals surface area contributed by atoms with Crippen LogP contribution in [0.1, 0.15) is 22.4 Å². The molecule has 0 saturated heterocycles. The monoisotopic (exact) mass is 210 g/mol. The van der Waals surface area contributed by atoms with Gasteiger partial charge in [-0.15, -0.1) is 11.3 Å². The van der Waals surface area contributed by atoms with Crippen LogP contribution >= 0.6 is 11.3 Å². The van der Waals surface area contributed by atoms with Crippen molar-refractivity contribution >= 4 is 33.6 Å². The Morgan fingerprint density at radius 1 is 1.20 bits per heavy atom. The average molecular weight is 210 g/mol. The maximum absolute atomic E-state index is 3.22. The second-order valence-corrected chi connectivity index (χ2v) is 4.79. The third-order valence-corrected chi connectivity index (χ3v) is 3.67. The first-order chi connectivity index (χ1) is 7.34. The van der Waals surface area contributed by atoms with Crippen molar-refractivity contribution in [2.75, 3.05) is 0 Å². The largest absolute Gasteiger partial charge is 0.126 e. The van der Waals surface area contributed by atoms with Crippen molar-refractivity contribution in [3.8, 4) is 0 Å². The SMILES string of the molecule is Cc1c#cc2sc3c(c2c1)C=CCC=C3. The van der Waals surface area contributed by atoms with E-state index in [0.717, 1.165) is 12.0 Å². The number of thiophene rings is 1. The molecule has 0 fully saturated rings. The molecular weight excluding hydrogens is 200 g/mol. The summed E-state index contributed by atoms with van der Waals surface area (Å²) in [6.07, 6.45) is 9.88. The molecule has 0 N–H and O–H groups in total. The Balaban J connectivity index is 2.39. The minimum Gasteiger partial charge on any atom is -0.126 e. The number of rotatable bonds is 0. The molecule has 1 heterocycles. The molecule has 72 valence electrons. The van der Waals surface area contributed by atoms with Crippen LogP contribution < -0.4 is 0 Å². The fourth-order valence-electron chi connectivity index (χ4n) is 1.85. The van der Waals surface area contributed by atoms with Crippen molar-refractivity contribution in [3.05, 3.63) is 46.4 Å². The molecular formula is C14H10S. The molecule has 1 aliphatic carbocycles. The second kappa shape index (κ2) is 3.25. The zero-order chi connectivity index (χ0) is 10.3. The lowest BCUT2D eigenvalue weighted by Crippen LogP contribution is -1.72. The van der Waals surface area contributed by atoms with Gasteiger partial charge in [0.15, 0.2) is 0 Å². The lowest BCUT2D eigenvalue weighted by Gasteiger charge is -1.91. The summed E-state index contributed by atoms with van der Waals surface area (Å²) in [5.41, 5.74) is 2.50. The van der Waals surface area contributed by atoms with Crippen LogP contribution in [-0.2, 0) is 0 Å². The van der Waals surface area contributed by atoms with Gasteiger partial charge >= 0.3 is 0 Å². The van der Waals surface area contributed by atoms with E-state index in [1.807, 2.05) is 0 Å². The van der Waals surface area contributed by atoms with Gasteiger partial charge in [0.25, 0.3) is 0 Å². The number of hydrogen-bond donors (Lipinski definition) is 0. The summed E-state index contributed by atoms with van der Waals surface area (Å²) in [5, 5.41) is 1.31. The average Bonchev–Trinajstić information content (AvgIpc) is 2.44. The van der Waals surface area contributed by atoms with Crippen LogP contribution in [0.4, 0.5) is 0 Å². The van der Waals surface area contributed by atoms with Crippen LogP contribution in [0.5, 0.6) is 0 Å². The summed E-state index contributed by atoms with van der Waals surface area (Å²) >= 11 is 1.80. The number of hydrogen-bond acceptors (Lipinski definition) is 1. The van der Waals surface area contributed by atoms with Gasteiger partial charge in [-0.2, -0.15) is 0 Å². The van der Waals surface area contributed by atoms with E-state index >= 15 is 0 Å². The standard InChI is InChI=1S/C14H10S/c1-10-7-8-14-12(9-10)11-5-3-2-4-6-13(11)15-14/h3-6,9H,2H2,1H3. The fourth-order valence-corrected chi connectivity index (χ4v) is 2.91. The van der Waals surface area contributed by atoms with E-state index in [2.05, 4.69) is 49.4 Å². The minimum absolute atomic E-state index is 1.03. The summed E-state index contributed by atoms with van der Waals surface area (Å²) in [6, 6.07) is 8.56. The Hall–Kier alpha value is -1.52. The van der Waals surface area contributed by atoms with Gasteiger partial charge in [-0.3, -0.25) is 0 Å². The van der Waals surface area contributed by atoms with Crippen molar-refractivity contribution in [2.45, 2.75) is 13.3 Å². The Morgan fingerprint density at radius 2 is 2.07 bits per heavy atom. The third-order valence-electron chi connectivity index (χ3n) is 2.57. The van der Waals surface area contributed by atoms with E-state index in [1.54, 1.807) is 11.3 Å². The molecule has 0 saturated carbocycles. The molecule has 0 spiro atoms. The smallest absolute Gasteiger partial charge is 0.0857 e. The lowest BCUT2D eigenvalue weighted by molar-refractivity contribution is 1.44. The summed E-state index contributed by atoms with van der Waals surface area (Å²) in [5.74, 6) is 0. The fraction of sp³-hybridized carbons (Fsp3) is 0.143. The van der Waals surface area contributed by atoms with Crippen molar-refractivity contribution < 1.29 is 0 Å². The van der Waals surface area contributed by atoms with Crippen molar-refractivity contribution in [1.82, 2.24) is 0 Å². The van der Waals surface area contributed by atoms with Crippen LogP contribution in [0.15, 0.2) is 18.2 Å². The lowest BCUT2D eigenvalue weighted by atomic mass is 10.1. The number of aryl methyl sites for hydroxylation is 1. The van der Waals surface area contributed by atoms with E-state index in [9.17, 15) is 0 Å². The van der Waals surface area contributed by atoms with Gasteiger partial charge in [0.2, 0.25) is 0 Å². The summed E-state index contributed by atoms with van der Waals surface area (Å²) < 4.78 is 1.21. The van der Waals surface area contributed by atoms with Gasteiger partial charge in [0.1, 0.15) is 0 Å². The van der Waals surface area contributed by atoms with Gasteiger partial charge in [0.05, 0.1) is 4.70 Å². The normalized spacial score (nSPS) is 13.7. The summed E-state index contributed by atoms with van der Waals surface area (Å²) in [7, 11) is 0. The van der Waals surface area contributed by atoms with E-state index in [0.29, 0.717) is 0 Å². The Bertz CT molecular complexity index is 570. The molecule has 1 aromatic heterocycles. The highest BCUT2D eigenvalue weighted by Gasteiger charge is 2.08. The maximum Gasteiger partial charge on any atom is 0.0857 e. The predicted molar refractivity (Wildman–Crippen MR) is 66.9 cm³/mol. The molecule has 0 radical (unpaired) electrons. The molecule has 0 bridgehead atoms. The van der Waals surface area contributed by atoms with E-state index in [4.69, 9.17) is 0 Å². The molecule has 0 aliphatic heterocycles. The quantitative estimate of drug-likeness (QED) is 0.610. The summed E-state index contributed by atoms with van der Waals surface area (Å²) in [6.45, 7) is 2.07. The highest BCUT2D eigenvalue weighted by Crippen LogP contribution is 2.33. The third kappa shape index (κ3) is 1.38. The van der Waals surface area contributed by atoms with Gasteiger partial charge in [-0.25, -0.2) is 0 Å². The number of fused-ring (bicyclic) bond motifs is 3. The van der Waals surface area contributed by atoms with E-state index in [-0.39, 0.29) is 0 Å². The first-order valence-electron chi connectivity index (χ1n) is 5.05. The van der Waals surface area contributed by atoms with E-state index in [1.165, 1.54) is 20.5 Å². The molecule has 1 heteroatoms. The van der Waals surface area contributed by atoms with Crippen LogP contribution in [0.2, 0.25) is 0 Å². The molecule has 1 aliphatic rings. The first kappa shape index (κ1) is 8.76. The van der Waals surface area contributed by atoms with Gasteiger partial charge in [0, 0.05) is 21.4 Å². The Morgan fingerprint density at radius 3 is 3.00 bits per heavy atom. The maximum atomic E-state index is 3.22. The van der Waals surface area contributed by atoms with Crippen LogP contribution in [-0.4, -0.2) is 0 Å². The molecule has 0 amide bonds.